The lowest BCUT2D eigenvalue weighted by atomic mass is 10.0. The molecule has 1 aromatic heterocycles. The van der Waals surface area contributed by atoms with Crippen LogP contribution in [0.25, 0.3) is 11.1 Å². The Morgan fingerprint density at radius 1 is 1.17 bits per heavy atom. The van der Waals surface area contributed by atoms with Gasteiger partial charge in [0.15, 0.2) is 6.61 Å². The zero-order valence-corrected chi connectivity index (χ0v) is 17.9. The molecule has 1 aromatic carbocycles. The van der Waals surface area contributed by atoms with Gasteiger partial charge in [-0.3, -0.25) is 9.59 Å². The van der Waals surface area contributed by atoms with Crippen molar-refractivity contribution in [2.24, 2.45) is 0 Å². The van der Waals surface area contributed by atoms with Crippen LogP contribution in [-0.2, 0) is 14.3 Å². The zero-order valence-electron chi connectivity index (χ0n) is 17.1. The fourth-order valence-corrected chi connectivity index (χ4v) is 3.48. The van der Waals surface area contributed by atoms with E-state index in [4.69, 9.17) is 4.74 Å². The van der Waals surface area contributed by atoms with Gasteiger partial charge in [-0.15, -0.1) is 11.3 Å². The molecule has 2 N–H and O–H groups in total. The van der Waals surface area contributed by atoms with E-state index in [1.165, 1.54) is 17.4 Å². The average Bonchev–Trinajstić information content (AvgIpc) is 3.09. The number of allylic oxidation sites excluding steroid dienone is 1. The van der Waals surface area contributed by atoms with Gasteiger partial charge >= 0.3 is 5.97 Å². The van der Waals surface area contributed by atoms with E-state index in [2.05, 4.69) is 10.6 Å². The molecule has 2 aromatic rings. The number of amides is 2. The molecule has 0 aliphatic rings. The molecule has 0 fully saturated rings. The van der Waals surface area contributed by atoms with Gasteiger partial charge in [0, 0.05) is 23.1 Å². The van der Waals surface area contributed by atoms with Gasteiger partial charge in [0.25, 0.3) is 5.91 Å². The van der Waals surface area contributed by atoms with Crippen molar-refractivity contribution < 1.29 is 19.1 Å². The Morgan fingerprint density at radius 2 is 1.86 bits per heavy atom. The third kappa shape index (κ3) is 6.57. The standard InChI is InChI=1S/C22H26N2O4S/c1-5-15(4)23-19(26)12-28-22(27)20-17(16-9-7-6-8-10-16)13-29-21(20)24-18(25)11-14(2)3/h6-11,13,15H,5,12H2,1-4H3,(H,23,26)(H,24,25). The van der Waals surface area contributed by atoms with E-state index in [0.717, 1.165) is 17.6 Å². The number of anilines is 1. The molecule has 0 saturated heterocycles. The van der Waals surface area contributed by atoms with Crippen molar-refractivity contribution in [1.29, 1.82) is 0 Å². The molecule has 7 heteroatoms. The van der Waals surface area contributed by atoms with Crippen molar-refractivity contribution in [3.8, 4) is 11.1 Å². The summed E-state index contributed by atoms with van der Waals surface area (Å²) in [6, 6.07) is 9.35. The summed E-state index contributed by atoms with van der Waals surface area (Å²) in [6.45, 7) is 7.08. The van der Waals surface area contributed by atoms with E-state index in [-0.39, 0.29) is 30.0 Å². The molecule has 0 aliphatic carbocycles. The molecule has 0 bridgehead atoms. The van der Waals surface area contributed by atoms with Crippen LogP contribution >= 0.6 is 11.3 Å². The van der Waals surface area contributed by atoms with Crippen LogP contribution in [0, 0.1) is 0 Å². The van der Waals surface area contributed by atoms with Crippen LogP contribution in [0.4, 0.5) is 5.00 Å². The summed E-state index contributed by atoms with van der Waals surface area (Å²) in [6.07, 6.45) is 2.24. The Bertz CT molecular complexity index is 899. The van der Waals surface area contributed by atoms with Gasteiger partial charge in [0.2, 0.25) is 5.91 Å². The molecule has 1 atom stereocenters. The van der Waals surface area contributed by atoms with Crippen LogP contribution in [0.3, 0.4) is 0 Å². The number of thiophene rings is 1. The predicted molar refractivity (Wildman–Crippen MR) is 116 cm³/mol. The molecule has 0 spiro atoms. The van der Waals surface area contributed by atoms with E-state index in [0.29, 0.717) is 10.6 Å². The number of rotatable bonds is 8. The van der Waals surface area contributed by atoms with Crippen LogP contribution in [0.1, 0.15) is 44.5 Å². The van der Waals surface area contributed by atoms with E-state index < -0.39 is 5.97 Å². The molecule has 154 valence electrons. The summed E-state index contributed by atoms with van der Waals surface area (Å²) in [5.74, 6) is -1.34. The Kier molecular flexibility index (Phi) is 8.15. The summed E-state index contributed by atoms with van der Waals surface area (Å²) in [4.78, 5) is 37.0. The highest BCUT2D eigenvalue weighted by Crippen LogP contribution is 2.36. The van der Waals surface area contributed by atoms with Crippen LogP contribution < -0.4 is 10.6 Å². The number of carbonyl (C=O) groups is 3. The first-order chi connectivity index (χ1) is 13.8. The van der Waals surface area contributed by atoms with Crippen LogP contribution in [0.2, 0.25) is 0 Å². The van der Waals surface area contributed by atoms with Crippen LogP contribution in [0.5, 0.6) is 0 Å². The van der Waals surface area contributed by atoms with Crippen LogP contribution in [-0.4, -0.2) is 30.4 Å². The minimum atomic E-state index is -0.656. The molecule has 29 heavy (non-hydrogen) atoms. The highest BCUT2D eigenvalue weighted by Gasteiger charge is 2.23. The van der Waals surface area contributed by atoms with Crippen molar-refractivity contribution >= 4 is 34.1 Å². The summed E-state index contributed by atoms with van der Waals surface area (Å²) < 4.78 is 5.25. The number of hydrogen-bond acceptors (Lipinski definition) is 5. The van der Waals surface area contributed by atoms with Gasteiger partial charge in [-0.25, -0.2) is 4.79 Å². The molecule has 1 heterocycles. The Balaban J connectivity index is 2.27. The molecule has 0 aliphatic heterocycles. The largest absolute Gasteiger partial charge is 0.452 e. The first-order valence-electron chi connectivity index (χ1n) is 9.41. The number of carbonyl (C=O) groups excluding carboxylic acids is 3. The van der Waals surface area contributed by atoms with E-state index in [1.807, 2.05) is 58.0 Å². The van der Waals surface area contributed by atoms with Crippen molar-refractivity contribution in [2.45, 2.75) is 40.2 Å². The lowest BCUT2D eigenvalue weighted by Crippen LogP contribution is -2.35. The maximum atomic E-state index is 12.8. The van der Waals surface area contributed by atoms with Gasteiger partial charge < -0.3 is 15.4 Å². The van der Waals surface area contributed by atoms with Gasteiger partial charge in [0.1, 0.15) is 10.6 Å². The second-order valence-electron chi connectivity index (χ2n) is 6.88. The third-order valence-corrected chi connectivity index (χ3v) is 4.99. The zero-order chi connectivity index (χ0) is 21.4. The minimum Gasteiger partial charge on any atom is -0.452 e. The molecule has 6 nitrogen and oxygen atoms in total. The van der Waals surface area contributed by atoms with E-state index in [9.17, 15) is 14.4 Å². The lowest BCUT2D eigenvalue weighted by molar-refractivity contribution is -0.124. The SMILES string of the molecule is CCC(C)NC(=O)COC(=O)c1c(-c2ccccc2)csc1NC(=O)C=C(C)C. The molecule has 2 amide bonds. The first-order valence-corrected chi connectivity index (χ1v) is 10.3. The topological polar surface area (TPSA) is 84.5 Å². The normalized spacial score (nSPS) is 11.3. The van der Waals surface area contributed by atoms with Gasteiger partial charge in [-0.1, -0.05) is 42.8 Å². The van der Waals surface area contributed by atoms with Crippen molar-refractivity contribution in [3.63, 3.8) is 0 Å². The second-order valence-corrected chi connectivity index (χ2v) is 7.76. The maximum absolute atomic E-state index is 12.8. The first kappa shape index (κ1) is 22.4. The smallest absolute Gasteiger partial charge is 0.342 e. The lowest BCUT2D eigenvalue weighted by Gasteiger charge is -2.12. The van der Waals surface area contributed by atoms with Gasteiger partial charge in [-0.2, -0.15) is 0 Å². The van der Waals surface area contributed by atoms with Gasteiger partial charge in [0.05, 0.1) is 0 Å². The molecular formula is C22H26N2O4S. The second kappa shape index (κ2) is 10.6. The quantitative estimate of drug-likeness (QED) is 0.496. The van der Waals surface area contributed by atoms with Crippen molar-refractivity contribution in [1.82, 2.24) is 5.32 Å². The minimum absolute atomic E-state index is 0.00106. The molecular weight excluding hydrogens is 388 g/mol. The summed E-state index contributed by atoms with van der Waals surface area (Å²) in [5, 5.41) is 7.68. The highest BCUT2D eigenvalue weighted by molar-refractivity contribution is 7.15. The number of esters is 1. The molecule has 2 rings (SSSR count). The maximum Gasteiger partial charge on any atom is 0.342 e. The van der Waals surface area contributed by atoms with Crippen LogP contribution in [0.15, 0.2) is 47.4 Å². The fourth-order valence-electron chi connectivity index (χ4n) is 2.51. The van der Waals surface area contributed by atoms with Gasteiger partial charge in [-0.05, 0) is 32.8 Å². The highest BCUT2D eigenvalue weighted by atomic mass is 32.1. The summed E-state index contributed by atoms with van der Waals surface area (Å²) >= 11 is 1.24. The average molecular weight is 415 g/mol. The number of hydrogen-bond donors (Lipinski definition) is 2. The van der Waals surface area contributed by atoms with Crippen molar-refractivity contribution in [3.05, 3.63) is 52.9 Å². The van der Waals surface area contributed by atoms with E-state index in [1.54, 1.807) is 5.38 Å². The monoisotopic (exact) mass is 414 g/mol. The molecule has 1 unspecified atom stereocenters. The summed E-state index contributed by atoms with van der Waals surface area (Å²) in [7, 11) is 0. The number of benzene rings is 1. The molecule has 0 saturated carbocycles. The number of ether oxygens (including phenoxy) is 1. The molecule has 0 radical (unpaired) electrons. The third-order valence-electron chi connectivity index (χ3n) is 4.09. The van der Waals surface area contributed by atoms with Crippen molar-refractivity contribution in [2.75, 3.05) is 11.9 Å². The Hall–Kier alpha value is -2.93. The predicted octanol–water partition coefficient (Wildman–Crippen LogP) is 4.39. The summed E-state index contributed by atoms with van der Waals surface area (Å²) in [5.41, 5.74) is 2.55. The Morgan fingerprint density at radius 3 is 2.48 bits per heavy atom. The Labute approximate surface area is 175 Å². The fraction of sp³-hybridized carbons (Fsp3) is 0.318. The number of nitrogens with one attached hydrogen (secondary N) is 2. The van der Waals surface area contributed by atoms with E-state index >= 15 is 0 Å².